The number of benzene rings is 1. The number of aromatic nitrogens is 1. The third-order valence-corrected chi connectivity index (χ3v) is 2.91. The van der Waals surface area contributed by atoms with Gasteiger partial charge in [0.1, 0.15) is 12.4 Å². The maximum absolute atomic E-state index is 5.80. The average Bonchev–Trinajstić information content (AvgIpc) is 2.45. The highest BCUT2D eigenvalue weighted by molar-refractivity contribution is 5.49. The second-order valence-corrected chi connectivity index (χ2v) is 4.49. The lowest BCUT2D eigenvalue weighted by molar-refractivity contribution is 0.304. The summed E-state index contributed by atoms with van der Waals surface area (Å²) in [6.07, 6.45) is 1.75. The predicted molar refractivity (Wildman–Crippen MR) is 77.2 cm³/mol. The lowest BCUT2D eigenvalue weighted by Gasteiger charge is -2.14. The predicted octanol–water partition coefficient (Wildman–Crippen LogP) is 2.19. The fraction of sp³-hybridized carbons (Fsp3) is 0.267. The van der Waals surface area contributed by atoms with Crippen LogP contribution in [-0.4, -0.2) is 19.1 Å². The molecule has 0 radical (unpaired) electrons. The van der Waals surface area contributed by atoms with Crippen LogP contribution in [0, 0.1) is 0 Å². The van der Waals surface area contributed by atoms with Gasteiger partial charge in [0.05, 0.1) is 5.69 Å². The molecule has 0 aliphatic carbocycles. The van der Waals surface area contributed by atoms with Crippen molar-refractivity contribution in [3.8, 4) is 5.75 Å². The number of ether oxygens (including phenoxy) is 1. The summed E-state index contributed by atoms with van der Waals surface area (Å²) in [6.45, 7) is 0.911. The summed E-state index contributed by atoms with van der Waals surface area (Å²) in [4.78, 5) is 6.29. The number of nitrogens with zero attached hydrogens (tertiary/aromatic N) is 2. The topological polar surface area (TPSA) is 51.4 Å². The average molecular weight is 257 g/mol. The minimum absolute atomic E-state index is 0.428. The van der Waals surface area contributed by atoms with Crippen molar-refractivity contribution in [2.75, 3.05) is 19.0 Å². The van der Waals surface area contributed by atoms with Crippen molar-refractivity contribution in [2.24, 2.45) is 5.73 Å². The monoisotopic (exact) mass is 257 g/mol. The SMILES string of the molecule is CN(C)c1cccc(OCc2cccnc2CN)c1. The van der Waals surface area contributed by atoms with Crippen LogP contribution in [-0.2, 0) is 13.2 Å². The Kier molecular flexibility index (Phi) is 4.36. The highest BCUT2D eigenvalue weighted by atomic mass is 16.5. The Hall–Kier alpha value is -2.07. The maximum Gasteiger partial charge on any atom is 0.121 e. The Bertz CT molecular complexity index is 540. The zero-order chi connectivity index (χ0) is 13.7. The van der Waals surface area contributed by atoms with Gasteiger partial charge in [0, 0.05) is 44.2 Å². The van der Waals surface area contributed by atoms with Crippen LogP contribution in [0.2, 0.25) is 0 Å². The molecule has 4 heteroatoms. The summed E-state index contributed by atoms with van der Waals surface area (Å²) in [5.74, 6) is 0.845. The minimum Gasteiger partial charge on any atom is -0.489 e. The van der Waals surface area contributed by atoms with Crippen LogP contribution in [0.4, 0.5) is 5.69 Å². The zero-order valence-corrected chi connectivity index (χ0v) is 11.3. The molecule has 4 nitrogen and oxygen atoms in total. The molecule has 2 rings (SSSR count). The molecule has 0 fully saturated rings. The van der Waals surface area contributed by atoms with E-state index in [1.807, 2.05) is 55.4 Å². The second-order valence-electron chi connectivity index (χ2n) is 4.49. The van der Waals surface area contributed by atoms with Gasteiger partial charge in [-0.25, -0.2) is 0 Å². The van der Waals surface area contributed by atoms with Crippen molar-refractivity contribution < 1.29 is 4.74 Å². The lowest BCUT2D eigenvalue weighted by atomic mass is 10.2. The summed E-state index contributed by atoms with van der Waals surface area (Å²) in [5.41, 5.74) is 8.68. The molecule has 1 aromatic heterocycles. The molecule has 0 unspecified atom stereocenters. The third kappa shape index (κ3) is 3.45. The van der Waals surface area contributed by atoms with Crippen molar-refractivity contribution in [3.05, 3.63) is 53.9 Å². The molecule has 0 spiro atoms. The fourth-order valence-electron chi connectivity index (χ4n) is 1.80. The van der Waals surface area contributed by atoms with E-state index in [0.29, 0.717) is 13.2 Å². The van der Waals surface area contributed by atoms with E-state index in [9.17, 15) is 0 Å². The molecule has 0 amide bonds. The number of hydrogen-bond donors (Lipinski definition) is 1. The summed E-state index contributed by atoms with van der Waals surface area (Å²) in [6, 6.07) is 11.9. The van der Waals surface area contributed by atoms with Crippen LogP contribution in [0.1, 0.15) is 11.3 Å². The quantitative estimate of drug-likeness (QED) is 0.892. The molecule has 2 N–H and O–H groups in total. The van der Waals surface area contributed by atoms with Gasteiger partial charge in [0.15, 0.2) is 0 Å². The molecular weight excluding hydrogens is 238 g/mol. The molecule has 1 aromatic carbocycles. The summed E-state index contributed by atoms with van der Waals surface area (Å²) < 4.78 is 5.80. The van der Waals surface area contributed by atoms with Gasteiger partial charge >= 0.3 is 0 Å². The van der Waals surface area contributed by atoms with Gasteiger partial charge in [-0.15, -0.1) is 0 Å². The van der Waals surface area contributed by atoms with Crippen molar-refractivity contribution in [1.29, 1.82) is 0 Å². The Labute approximate surface area is 113 Å². The Morgan fingerprint density at radius 2 is 2.05 bits per heavy atom. The van der Waals surface area contributed by atoms with Gasteiger partial charge < -0.3 is 15.4 Å². The standard InChI is InChI=1S/C15H19N3O/c1-18(2)13-6-3-7-14(9-13)19-11-12-5-4-8-17-15(12)10-16/h3-9H,10-11,16H2,1-2H3. The second kappa shape index (κ2) is 6.20. The molecule has 0 aliphatic rings. The Balaban J connectivity index is 2.08. The van der Waals surface area contributed by atoms with Gasteiger partial charge in [0.25, 0.3) is 0 Å². The van der Waals surface area contributed by atoms with E-state index in [4.69, 9.17) is 10.5 Å². The van der Waals surface area contributed by atoms with E-state index in [-0.39, 0.29) is 0 Å². The number of pyridine rings is 1. The van der Waals surface area contributed by atoms with E-state index in [1.54, 1.807) is 6.20 Å². The molecule has 2 aromatic rings. The van der Waals surface area contributed by atoms with Crippen LogP contribution in [0.25, 0.3) is 0 Å². The van der Waals surface area contributed by atoms with Gasteiger partial charge in [-0.3, -0.25) is 4.98 Å². The first kappa shape index (κ1) is 13.4. The highest BCUT2D eigenvalue weighted by Crippen LogP contribution is 2.20. The first-order valence-corrected chi connectivity index (χ1v) is 6.23. The molecule has 100 valence electrons. The summed E-state index contributed by atoms with van der Waals surface area (Å²) in [7, 11) is 4.01. The number of anilines is 1. The number of rotatable bonds is 5. The van der Waals surface area contributed by atoms with Crippen LogP contribution < -0.4 is 15.4 Å². The molecule has 0 bridgehead atoms. The third-order valence-electron chi connectivity index (χ3n) is 2.91. The maximum atomic E-state index is 5.80. The van der Waals surface area contributed by atoms with Gasteiger partial charge in [-0.2, -0.15) is 0 Å². The first-order chi connectivity index (χ1) is 9.20. The molecule has 0 atom stereocenters. The van der Waals surface area contributed by atoms with Crippen molar-refractivity contribution in [1.82, 2.24) is 4.98 Å². The van der Waals surface area contributed by atoms with Crippen LogP contribution in [0.3, 0.4) is 0 Å². The smallest absolute Gasteiger partial charge is 0.121 e. The van der Waals surface area contributed by atoms with E-state index in [1.165, 1.54) is 0 Å². The minimum atomic E-state index is 0.428. The van der Waals surface area contributed by atoms with E-state index in [0.717, 1.165) is 22.7 Å². The van der Waals surface area contributed by atoms with Crippen LogP contribution >= 0.6 is 0 Å². The largest absolute Gasteiger partial charge is 0.489 e. The first-order valence-electron chi connectivity index (χ1n) is 6.23. The Morgan fingerprint density at radius 1 is 1.21 bits per heavy atom. The van der Waals surface area contributed by atoms with E-state index < -0.39 is 0 Å². The summed E-state index contributed by atoms with van der Waals surface area (Å²) >= 11 is 0. The fourth-order valence-corrected chi connectivity index (χ4v) is 1.80. The molecule has 19 heavy (non-hydrogen) atoms. The zero-order valence-electron chi connectivity index (χ0n) is 11.3. The highest BCUT2D eigenvalue weighted by Gasteiger charge is 2.03. The van der Waals surface area contributed by atoms with Crippen LogP contribution in [0.5, 0.6) is 5.75 Å². The Morgan fingerprint density at radius 3 is 2.79 bits per heavy atom. The van der Waals surface area contributed by atoms with Crippen molar-refractivity contribution >= 4 is 5.69 Å². The molecule has 0 saturated heterocycles. The van der Waals surface area contributed by atoms with Gasteiger partial charge in [-0.05, 0) is 18.2 Å². The molecule has 0 aliphatic heterocycles. The molecular formula is C15H19N3O. The normalized spacial score (nSPS) is 10.3. The molecule has 1 heterocycles. The van der Waals surface area contributed by atoms with Gasteiger partial charge in [-0.1, -0.05) is 12.1 Å². The van der Waals surface area contributed by atoms with Crippen molar-refractivity contribution in [3.63, 3.8) is 0 Å². The van der Waals surface area contributed by atoms with Crippen molar-refractivity contribution in [2.45, 2.75) is 13.2 Å². The van der Waals surface area contributed by atoms with E-state index in [2.05, 4.69) is 4.98 Å². The lowest BCUT2D eigenvalue weighted by Crippen LogP contribution is -2.09. The van der Waals surface area contributed by atoms with Gasteiger partial charge in [0.2, 0.25) is 0 Å². The number of hydrogen-bond acceptors (Lipinski definition) is 4. The van der Waals surface area contributed by atoms with Crippen LogP contribution in [0.15, 0.2) is 42.6 Å². The van der Waals surface area contributed by atoms with E-state index >= 15 is 0 Å². The molecule has 0 saturated carbocycles. The summed E-state index contributed by atoms with van der Waals surface area (Å²) in [5, 5.41) is 0. The number of nitrogens with two attached hydrogens (primary N) is 1.